The van der Waals surface area contributed by atoms with Crippen LogP contribution in [0.15, 0.2) is 14.9 Å². The van der Waals surface area contributed by atoms with E-state index in [1.807, 2.05) is 0 Å². The Labute approximate surface area is 108 Å². The molecule has 1 N–H and O–H groups in total. The van der Waals surface area contributed by atoms with E-state index in [-0.39, 0.29) is 6.42 Å². The van der Waals surface area contributed by atoms with E-state index in [0.717, 1.165) is 4.34 Å². The van der Waals surface area contributed by atoms with Crippen LogP contribution in [0.25, 0.3) is 0 Å². The maximum absolute atomic E-state index is 10.4. The van der Waals surface area contributed by atoms with Gasteiger partial charge in [0.1, 0.15) is 9.34 Å². The zero-order chi connectivity index (χ0) is 11.5. The van der Waals surface area contributed by atoms with Crippen LogP contribution in [0.5, 0.6) is 0 Å². The normalized spacial score (nSPS) is 10.6. The SMILES string of the molecule is O=C(O)Cc1nnc(Sc2ncc(Cl)s2)s1. The second-order valence-electron chi connectivity index (χ2n) is 2.56. The Morgan fingerprint density at radius 1 is 1.44 bits per heavy atom. The standard InChI is InChI=1S/C7H4ClN3O2S3/c8-3-2-9-6(14-3)16-7-11-10-4(15-7)1-5(12)13/h2H,1H2,(H,12,13). The van der Waals surface area contributed by atoms with E-state index in [9.17, 15) is 4.79 Å². The molecule has 9 heteroatoms. The Hall–Kier alpha value is -0.700. The van der Waals surface area contributed by atoms with Crippen LogP contribution in [-0.4, -0.2) is 26.3 Å². The number of carboxylic acids is 1. The lowest BCUT2D eigenvalue weighted by Gasteiger charge is -1.87. The van der Waals surface area contributed by atoms with Crippen molar-refractivity contribution in [2.45, 2.75) is 15.1 Å². The summed E-state index contributed by atoms with van der Waals surface area (Å²) in [5, 5.41) is 16.7. The fourth-order valence-electron chi connectivity index (χ4n) is 0.842. The van der Waals surface area contributed by atoms with Gasteiger partial charge in [0.15, 0.2) is 8.68 Å². The van der Waals surface area contributed by atoms with Crippen LogP contribution in [0.4, 0.5) is 0 Å². The number of aromatic nitrogens is 3. The van der Waals surface area contributed by atoms with Crippen LogP contribution in [0.2, 0.25) is 4.34 Å². The molecule has 84 valence electrons. The number of thiazole rings is 1. The maximum atomic E-state index is 10.4. The molecule has 0 amide bonds. The quantitative estimate of drug-likeness (QED) is 0.933. The third-order valence-electron chi connectivity index (χ3n) is 1.38. The molecule has 5 nitrogen and oxygen atoms in total. The fraction of sp³-hybridized carbons (Fsp3) is 0.143. The van der Waals surface area contributed by atoms with Gasteiger partial charge in [-0.25, -0.2) is 4.98 Å². The molecule has 2 aromatic heterocycles. The number of hydrogen-bond acceptors (Lipinski definition) is 7. The van der Waals surface area contributed by atoms with Gasteiger partial charge in [0.05, 0.1) is 12.6 Å². The number of halogens is 1. The third kappa shape index (κ3) is 3.14. The first-order valence-electron chi connectivity index (χ1n) is 3.97. The number of hydrogen-bond donors (Lipinski definition) is 1. The first-order chi connectivity index (χ1) is 7.63. The minimum absolute atomic E-state index is 0.100. The lowest BCUT2D eigenvalue weighted by Crippen LogP contribution is -1.98. The average molecular weight is 294 g/mol. The van der Waals surface area contributed by atoms with Gasteiger partial charge in [-0.15, -0.1) is 10.2 Å². The minimum Gasteiger partial charge on any atom is -0.481 e. The molecule has 0 aliphatic heterocycles. The fourth-order valence-corrected chi connectivity index (χ4v) is 4.04. The monoisotopic (exact) mass is 293 g/mol. The van der Waals surface area contributed by atoms with Gasteiger partial charge < -0.3 is 5.11 Å². The lowest BCUT2D eigenvalue weighted by atomic mass is 10.5. The molecule has 0 bridgehead atoms. The van der Waals surface area contributed by atoms with Crippen molar-refractivity contribution in [3.63, 3.8) is 0 Å². The van der Waals surface area contributed by atoms with E-state index in [2.05, 4.69) is 15.2 Å². The third-order valence-corrected chi connectivity index (χ3v) is 4.55. The Kier molecular flexibility index (Phi) is 3.74. The van der Waals surface area contributed by atoms with E-state index in [1.165, 1.54) is 34.4 Å². The van der Waals surface area contributed by atoms with Gasteiger partial charge in [0.2, 0.25) is 0 Å². The molecule has 2 rings (SSSR count). The lowest BCUT2D eigenvalue weighted by molar-refractivity contribution is -0.136. The van der Waals surface area contributed by atoms with Crippen LogP contribution >= 0.6 is 46.0 Å². The van der Waals surface area contributed by atoms with Crippen LogP contribution in [0.3, 0.4) is 0 Å². The highest BCUT2D eigenvalue weighted by molar-refractivity contribution is 8.02. The van der Waals surface area contributed by atoms with E-state index in [4.69, 9.17) is 16.7 Å². The highest BCUT2D eigenvalue weighted by Gasteiger charge is 2.10. The van der Waals surface area contributed by atoms with E-state index in [0.29, 0.717) is 13.7 Å². The van der Waals surface area contributed by atoms with Crippen LogP contribution in [0.1, 0.15) is 5.01 Å². The summed E-state index contributed by atoms with van der Waals surface area (Å²) in [4.78, 5) is 14.5. The molecule has 0 fully saturated rings. The number of nitrogens with zero attached hydrogens (tertiary/aromatic N) is 3. The minimum atomic E-state index is -0.912. The van der Waals surface area contributed by atoms with Crippen LogP contribution in [0, 0.1) is 0 Å². The van der Waals surface area contributed by atoms with Crippen molar-refractivity contribution in [1.82, 2.24) is 15.2 Å². The second kappa shape index (κ2) is 5.09. The summed E-state index contributed by atoms with van der Waals surface area (Å²) < 4.78 is 2.04. The van der Waals surface area contributed by atoms with Crippen molar-refractivity contribution in [3.8, 4) is 0 Å². The summed E-state index contributed by atoms with van der Waals surface area (Å²) >= 11 is 9.66. The van der Waals surface area contributed by atoms with Crippen LogP contribution < -0.4 is 0 Å². The topological polar surface area (TPSA) is 76.0 Å². The second-order valence-corrected chi connectivity index (χ2v) is 6.78. The number of carboxylic acid groups (broad SMARTS) is 1. The Morgan fingerprint density at radius 3 is 2.88 bits per heavy atom. The molecule has 16 heavy (non-hydrogen) atoms. The predicted octanol–water partition coefficient (Wildman–Crippen LogP) is 2.43. The highest BCUT2D eigenvalue weighted by atomic mass is 35.5. The van der Waals surface area contributed by atoms with Crippen molar-refractivity contribution in [1.29, 1.82) is 0 Å². The Balaban J connectivity index is 2.05. The van der Waals surface area contributed by atoms with E-state index < -0.39 is 5.97 Å². The summed E-state index contributed by atoms with van der Waals surface area (Å²) in [6.45, 7) is 0. The van der Waals surface area contributed by atoms with Crippen molar-refractivity contribution in [3.05, 3.63) is 15.5 Å². The molecule has 0 atom stereocenters. The Bertz CT molecular complexity index is 512. The molecular formula is C7H4ClN3O2S3. The number of carbonyl (C=O) groups is 1. The summed E-state index contributed by atoms with van der Waals surface area (Å²) in [5.41, 5.74) is 0. The zero-order valence-corrected chi connectivity index (χ0v) is 10.8. The van der Waals surface area contributed by atoms with Gasteiger partial charge >= 0.3 is 5.97 Å². The summed E-state index contributed by atoms with van der Waals surface area (Å²) in [6, 6.07) is 0. The molecular weight excluding hydrogens is 290 g/mol. The molecule has 0 spiro atoms. The van der Waals surface area contributed by atoms with Crippen molar-refractivity contribution in [2.75, 3.05) is 0 Å². The Morgan fingerprint density at radius 2 is 2.25 bits per heavy atom. The summed E-state index contributed by atoms with van der Waals surface area (Å²) in [6.07, 6.45) is 1.46. The largest absolute Gasteiger partial charge is 0.481 e. The van der Waals surface area contributed by atoms with Gasteiger partial charge in [0, 0.05) is 0 Å². The van der Waals surface area contributed by atoms with Crippen molar-refractivity contribution < 1.29 is 9.90 Å². The van der Waals surface area contributed by atoms with Crippen LogP contribution in [-0.2, 0) is 11.2 Å². The molecule has 0 radical (unpaired) electrons. The average Bonchev–Trinajstić information content (AvgIpc) is 2.76. The highest BCUT2D eigenvalue weighted by Crippen LogP contribution is 2.34. The molecule has 0 aliphatic carbocycles. The summed E-state index contributed by atoms with van der Waals surface area (Å²) in [7, 11) is 0. The number of aliphatic carboxylic acids is 1. The van der Waals surface area contributed by atoms with E-state index in [1.54, 1.807) is 6.20 Å². The number of rotatable bonds is 4. The van der Waals surface area contributed by atoms with Gasteiger partial charge in [0.25, 0.3) is 0 Å². The van der Waals surface area contributed by atoms with Gasteiger partial charge in [-0.2, -0.15) is 0 Å². The summed E-state index contributed by atoms with van der Waals surface area (Å²) in [5.74, 6) is -0.912. The maximum Gasteiger partial charge on any atom is 0.310 e. The molecule has 0 aromatic carbocycles. The van der Waals surface area contributed by atoms with Crippen molar-refractivity contribution in [2.24, 2.45) is 0 Å². The molecule has 0 unspecified atom stereocenters. The molecule has 2 aromatic rings. The molecule has 2 heterocycles. The van der Waals surface area contributed by atoms with Gasteiger partial charge in [-0.3, -0.25) is 4.79 Å². The van der Waals surface area contributed by atoms with Gasteiger partial charge in [-0.05, 0) is 11.8 Å². The smallest absolute Gasteiger partial charge is 0.310 e. The first kappa shape index (κ1) is 11.8. The van der Waals surface area contributed by atoms with E-state index >= 15 is 0 Å². The van der Waals surface area contributed by atoms with Crippen molar-refractivity contribution >= 4 is 52.0 Å². The van der Waals surface area contributed by atoms with Gasteiger partial charge in [-0.1, -0.05) is 34.3 Å². The first-order valence-corrected chi connectivity index (χ1v) is 6.79. The molecule has 0 saturated carbocycles. The molecule has 0 saturated heterocycles. The predicted molar refractivity (Wildman–Crippen MR) is 62.5 cm³/mol. The zero-order valence-electron chi connectivity index (χ0n) is 7.58. The molecule has 0 aliphatic rings.